The van der Waals surface area contributed by atoms with Crippen molar-refractivity contribution in [2.75, 3.05) is 47.5 Å². The molecule has 0 bridgehead atoms. The molecular weight excluding hydrogens is 750 g/mol. The van der Waals surface area contributed by atoms with Crippen LogP contribution in [-0.2, 0) is 27.9 Å². The summed E-state index contributed by atoms with van der Waals surface area (Å²) in [5, 5.41) is 10.0. The first-order valence-corrected chi connectivity index (χ1v) is 23.6. The zero-order valence-corrected chi connectivity index (χ0v) is 38.0. The van der Waals surface area contributed by atoms with Gasteiger partial charge in [-0.25, -0.2) is 4.57 Å². The third-order valence-corrected chi connectivity index (χ3v) is 9.80. The maximum Gasteiger partial charge on any atom is 0.472 e. The summed E-state index contributed by atoms with van der Waals surface area (Å²) in [5.74, 6) is -0.384. The largest absolute Gasteiger partial charge is 0.492 e. The fourth-order valence-electron chi connectivity index (χ4n) is 5.29. The molecule has 10 heteroatoms. The molecule has 2 unspecified atom stereocenters. The second kappa shape index (κ2) is 39.7. The molecule has 0 saturated carbocycles. The summed E-state index contributed by atoms with van der Waals surface area (Å²) in [4.78, 5) is 22.6. The minimum atomic E-state index is -4.30. The third-order valence-electron chi connectivity index (χ3n) is 8.81. The van der Waals surface area contributed by atoms with Gasteiger partial charge in [0.1, 0.15) is 19.8 Å². The lowest BCUT2D eigenvalue weighted by Crippen LogP contribution is -2.37. The Labute approximate surface area is 354 Å². The van der Waals surface area contributed by atoms with Crippen LogP contribution in [0.3, 0.4) is 0 Å². The Morgan fingerprint density at radius 1 is 0.655 bits per heavy atom. The van der Waals surface area contributed by atoms with Crippen molar-refractivity contribution < 1.29 is 42.4 Å². The quantitative estimate of drug-likeness (QED) is 0.0120. The number of unbranched alkanes of at least 4 members (excludes halogenated alkanes) is 11. The zero-order valence-electron chi connectivity index (χ0n) is 37.1. The van der Waals surface area contributed by atoms with Gasteiger partial charge in [0.25, 0.3) is 0 Å². The number of carbonyl (C=O) groups excluding carboxylic acids is 1. The fourth-order valence-corrected chi connectivity index (χ4v) is 6.03. The number of esters is 1. The Kier molecular flexibility index (Phi) is 37.8. The van der Waals surface area contributed by atoms with Gasteiger partial charge in [-0.2, -0.15) is 0 Å². The smallest absolute Gasteiger partial charge is 0.472 e. The number of allylic oxidation sites excluding steroid dienone is 13. The maximum absolute atomic E-state index is 12.5. The molecule has 0 aliphatic heterocycles. The van der Waals surface area contributed by atoms with Crippen LogP contribution in [0.25, 0.3) is 0 Å². The Hall–Kier alpha value is -2.78. The van der Waals surface area contributed by atoms with E-state index >= 15 is 0 Å². The van der Waals surface area contributed by atoms with Gasteiger partial charge in [-0.3, -0.25) is 13.8 Å². The topological polar surface area (TPSA) is 112 Å². The summed E-state index contributed by atoms with van der Waals surface area (Å²) in [5.41, 5.74) is 0. The summed E-state index contributed by atoms with van der Waals surface area (Å²) in [6.45, 7) is 4.58. The highest BCUT2D eigenvalue weighted by Gasteiger charge is 2.25. The third kappa shape index (κ3) is 42.8. The average molecular weight is 833 g/mol. The number of phosphoric acid groups is 1. The SMILES string of the molecule is CC/C=C\C/C=C\CC(O)/C=C/C=C\C/C=C\C/C=C\CCC(=O)OC[C@H](COP(=O)(O)OCC[N+](C)(C)C)O/C=C/CCCCCC/C=C\CCCCCCCC. The number of aliphatic hydroxyl groups excluding tert-OH is 1. The van der Waals surface area contributed by atoms with Crippen LogP contribution in [0.1, 0.15) is 142 Å². The van der Waals surface area contributed by atoms with E-state index in [1.807, 2.05) is 63.7 Å². The molecule has 332 valence electrons. The first-order chi connectivity index (χ1) is 28.0. The second-order valence-corrected chi connectivity index (χ2v) is 17.1. The van der Waals surface area contributed by atoms with Crippen molar-refractivity contribution in [1.82, 2.24) is 0 Å². The van der Waals surface area contributed by atoms with Gasteiger partial charge in [-0.1, -0.05) is 144 Å². The van der Waals surface area contributed by atoms with E-state index in [0.717, 1.165) is 51.4 Å². The highest BCUT2D eigenvalue weighted by Crippen LogP contribution is 2.43. The standard InChI is InChI=1S/C48H82NO8P/c1-6-8-10-12-14-15-16-17-18-19-20-23-26-29-33-37-42-54-47(45-57-58(52,53)56-43-41-49(3,4)5)44-55-48(51)40-36-32-28-25-22-21-24-27-31-35-39-46(50)38-34-30-13-11-9-7-2/h9,11,17-18,21-22,27-28,30-32,34-35,37,39,42,46-47,50H,6-8,10,12-16,19-20,23-26,29,33,36,38,40-41,43-45H2,1-5H3/p+1/b11-9-,18-17-,22-21-,31-27-,32-28-,34-30-,39-35+,42-37+/t46?,47-/m1/s1. The van der Waals surface area contributed by atoms with E-state index in [-0.39, 0.29) is 32.2 Å². The summed E-state index contributed by atoms with van der Waals surface area (Å²) >= 11 is 0. The summed E-state index contributed by atoms with van der Waals surface area (Å²) in [6.07, 6.45) is 51.6. The number of nitrogens with zero attached hydrogens (tertiary/aromatic N) is 1. The molecule has 0 amide bonds. The van der Waals surface area contributed by atoms with E-state index in [1.165, 1.54) is 57.8 Å². The number of rotatable bonds is 39. The average Bonchev–Trinajstić information content (AvgIpc) is 3.17. The van der Waals surface area contributed by atoms with Crippen molar-refractivity contribution in [2.45, 2.75) is 154 Å². The van der Waals surface area contributed by atoms with Crippen LogP contribution in [0, 0.1) is 0 Å². The fraction of sp³-hybridized carbons (Fsp3) is 0.646. The van der Waals surface area contributed by atoms with E-state index in [2.05, 4.69) is 56.4 Å². The van der Waals surface area contributed by atoms with Crippen molar-refractivity contribution in [1.29, 1.82) is 0 Å². The van der Waals surface area contributed by atoms with Gasteiger partial charge >= 0.3 is 13.8 Å². The van der Waals surface area contributed by atoms with E-state index in [0.29, 0.717) is 23.9 Å². The van der Waals surface area contributed by atoms with Gasteiger partial charge in [-0.15, -0.1) is 0 Å². The molecule has 0 heterocycles. The molecule has 0 aromatic heterocycles. The van der Waals surface area contributed by atoms with Crippen molar-refractivity contribution in [3.63, 3.8) is 0 Å². The number of carbonyl (C=O) groups is 1. The molecule has 2 N–H and O–H groups in total. The Balaban J connectivity index is 4.50. The number of ether oxygens (including phenoxy) is 2. The molecule has 0 aliphatic carbocycles. The van der Waals surface area contributed by atoms with Crippen LogP contribution >= 0.6 is 7.82 Å². The van der Waals surface area contributed by atoms with Crippen molar-refractivity contribution in [3.8, 4) is 0 Å². The minimum Gasteiger partial charge on any atom is -0.492 e. The second-order valence-electron chi connectivity index (χ2n) is 15.6. The number of likely N-dealkylation sites (N-methyl/N-ethyl adjacent to an activating group) is 1. The summed E-state index contributed by atoms with van der Waals surface area (Å²) in [7, 11) is 1.58. The van der Waals surface area contributed by atoms with Crippen LogP contribution in [0.15, 0.2) is 97.4 Å². The lowest BCUT2D eigenvalue weighted by Gasteiger charge is -2.24. The molecule has 0 aromatic rings. The van der Waals surface area contributed by atoms with Gasteiger partial charge in [0.05, 0.1) is 40.1 Å². The van der Waals surface area contributed by atoms with Crippen molar-refractivity contribution >= 4 is 13.8 Å². The van der Waals surface area contributed by atoms with Crippen molar-refractivity contribution in [3.05, 3.63) is 97.4 Å². The van der Waals surface area contributed by atoms with E-state index < -0.39 is 20.0 Å². The Morgan fingerprint density at radius 3 is 1.88 bits per heavy atom. The number of aliphatic hydroxyl groups is 1. The van der Waals surface area contributed by atoms with Crippen LogP contribution in [-0.4, -0.2) is 80.2 Å². The normalized spacial score (nSPS) is 15.2. The molecule has 9 nitrogen and oxygen atoms in total. The maximum atomic E-state index is 12.5. The summed E-state index contributed by atoms with van der Waals surface area (Å²) < 4.78 is 34.6. The van der Waals surface area contributed by atoms with E-state index in [1.54, 1.807) is 12.3 Å². The lowest BCUT2D eigenvalue weighted by atomic mass is 10.1. The van der Waals surface area contributed by atoms with Crippen LogP contribution < -0.4 is 0 Å². The minimum absolute atomic E-state index is 0.0628. The molecule has 0 radical (unpaired) electrons. The number of quaternary nitrogens is 1. The lowest BCUT2D eigenvalue weighted by molar-refractivity contribution is -0.870. The van der Waals surface area contributed by atoms with Gasteiger partial charge in [0.15, 0.2) is 6.10 Å². The monoisotopic (exact) mass is 833 g/mol. The molecule has 0 spiro atoms. The number of hydrogen-bond acceptors (Lipinski definition) is 7. The molecule has 3 atom stereocenters. The van der Waals surface area contributed by atoms with E-state index in [4.69, 9.17) is 18.5 Å². The number of hydrogen-bond donors (Lipinski definition) is 2. The molecule has 0 aliphatic rings. The van der Waals surface area contributed by atoms with Crippen molar-refractivity contribution in [2.24, 2.45) is 0 Å². The summed E-state index contributed by atoms with van der Waals surface area (Å²) in [6, 6.07) is 0. The highest BCUT2D eigenvalue weighted by atomic mass is 31.2. The van der Waals surface area contributed by atoms with E-state index in [9.17, 15) is 19.4 Å². The van der Waals surface area contributed by atoms with Crippen LogP contribution in [0.5, 0.6) is 0 Å². The molecule has 58 heavy (non-hydrogen) atoms. The molecule has 0 rings (SSSR count). The first kappa shape index (κ1) is 55.2. The molecular formula is C48H83NO8P+. The Morgan fingerprint density at radius 2 is 1.22 bits per heavy atom. The molecule has 0 saturated heterocycles. The van der Waals surface area contributed by atoms with Gasteiger partial charge in [-0.05, 0) is 83.1 Å². The highest BCUT2D eigenvalue weighted by molar-refractivity contribution is 7.47. The number of phosphoric ester groups is 1. The van der Waals surface area contributed by atoms with Gasteiger partial charge in [0.2, 0.25) is 0 Å². The van der Waals surface area contributed by atoms with Gasteiger partial charge in [0, 0.05) is 6.42 Å². The predicted octanol–water partition coefficient (Wildman–Crippen LogP) is 12.4. The molecule has 0 fully saturated rings. The first-order valence-electron chi connectivity index (χ1n) is 22.1. The van der Waals surface area contributed by atoms with Crippen LogP contribution in [0.2, 0.25) is 0 Å². The zero-order chi connectivity index (χ0) is 42.8. The van der Waals surface area contributed by atoms with Gasteiger partial charge < -0.3 is 24.0 Å². The predicted molar refractivity (Wildman–Crippen MR) is 243 cm³/mol. The Bertz CT molecular complexity index is 1260. The molecule has 0 aromatic carbocycles. The van der Waals surface area contributed by atoms with Crippen LogP contribution in [0.4, 0.5) is 0 Å².